The summed E-state index contributed by atoms with van der Waals surface area (Å²) in [6, 6.07) is 6.21. The Morgan fingerprint density at radius 2 is 1.83 bits per heavy atom. The molecular formula is C19H30N2O2. The van der Waals surface area contributed by atoms with Crippen LogP contribution in [0, 0.1) is 6.92 Å². The zero-order valence-electron chi connectivity index (χ0n) is 14.8. The molecule has 1 saturated heterocycles. The van der Waals surface area contributed by atoms with Gasteiger partial charge >= 0.3 is 0 Å². The minimum Gasteiger partial charge on any atom is -0.496 e. The van der Waals surface area contributed by atoms with Crippen LogP contribution >= 0.6 is 0 Å². The molecule has 0 N–H and O–H groups in total. The molecule has 0 aromatic heterocycles. The first-order valence-electron chi connectivity index (χ1n) is 8.70. The molecule has 1 aromatic rings. The largest absolute Gasteiger partial charge is 0.496 e. The molecule has 0 saturated carbocycles. The van der Waals surface area contributed by atoms with Crippen LogP contribution in [0.2, 0.25) is 0 Å². The van der Waals surface area contributed by atoms with Gasteiger partial charge in [-0.3, -0.25) is 9.69 Å². The van der Waals surface area contributed by atoms with Crippen LogP contribution in [0.3, 0.4) is 0 Å². The lowest BCUT2D eigenvalue weighted by Crippen LogP contribution is -2.40. The Morgan fingerprint density at radius 3 is 2.43 bits per heavy atom. The van der Waals surface area contributed by atoms with Crippen LogP contribution < -0.4 is 4.74 Å². The van der Waals surface area contributed by atoms with E-state index in [4.69, 9.17) is 4.74 Å². The molecule has 1 aromatic carbocycles. The van der Waals surface area contributed by atoms with Gasteiger partial charge in [-0.15, -0.1) is 0 Å². The molecule has 1 heterocycles. The number of likely N-dealkylation sites (tertiary alicyclic amines) is 1. The lowest BCUT2D eigenvalue weighted by atomic mass is 10.1. The molecule has 1 aliphatic rings. The van der Waals surface area contributed by atoms with Crippen LogP contribution in [0.4, 0.5) is 0 Å². The van der Waals surface area contributed by atoms with Crippen molar-refractivity contribution in [3.8, 4) is 5.75 Å². The average Bonchev–Trinajstić information content (AvgIpc) is 2.46. The zero-order valence-corrected chi connectivity index (χ0v) is 14.8. The third-order valence-electron chi connectivity index (χ3n) is 4.53. The highest BCUT2D eigenvalue weighted by Gasteiger charge is 2.16. The molecule has 0 atom stereocenters. The maximum Gasteiger partial charge on any atom is 0.236 e. The molecular weight excluding hydrogens is 288 g/mol. The number of carbonyl (C=O) groups is 1. The third-order valence-corrected chi connectivity index (χ3v) is 4.53. The second kappa shape index (κ2) is 8.92. The monoisotopic (exact) mass is 318 g/mol. The second-order valence-corrected chi connectivity index (χ2v) is 6.62. The maximum atomic E-state index is 12.5. The Balaban J connectivity index is 1.86. The number of ether oxygens (including phenoxy) is 1. The molecule has 0 radical (unpaired) electrons. The lowest BCUT2D eigenvalue weighted by molar-refractivity contribution is -0.132. The van der Waals surface area contributed by atoms with Crippen LogP contribution in [-0.2, 0) is 11.3 Å². The molecule has 4 heteroatoms. The minimum atomic E-state index is 0.264. The Hall–Kier alpha value is -1.55. The number of carbonyl (C=O) groups excluding carboxylic acids is 1. The topological polar surface area (TPSA) is 32.8 Å². The highest BCUT2D eigenvalue weighted by Crippen LogP contribution is 2.19. The van der Waals surface area contributed by atoms with Gasteiger partial charge in [0, 0.05) is 19.6 Å². The van der Waals surface area contributed by atoms with Gasteiger partial charge < -0.3 is 9.64 Å². The van der Waals surface area contributed by atoms with Gasteiger partial charge in [-0.2, -0.15) is 0 Å². The van der Waals surface area contributed by atoms with Gasteiger partial charge in [-0.1, -0.05) is 31.4 Å². The third kappa shape index (κ3) is 5.54. The second-order valence-electron chi connectivity index (χ2n) is 6.62. The smallest absolute Gasteiger partial charge is 0.236 e. The SMILES string of the molecule is COc1ccc(CN(C)CC(=O)N2CCCCCCC2)cc1C. The quantitative estimate of drug-likeness (QED) is 0.835. The van der Waals surface area contributed by atoms with E-state index in [0.29, 0.717) is 6.54 Å². The van der Waals surface area contributed by atoms with Crippen LogP contribution in [0.25, 0.3) is 0 Å². The fourth-order valence-electron chi connectivity index (χ4n) is 3.23. The van der Waals surface area contributed by atoms with Crippen molar-refractivity contribution in [2.45, 2.75) is 45.6 Å². The summed E-state index contributed by atoms with van der Waals surface area (Å²) < 4.78 is 5.30. The number of benzene rings is 1. The summed E-state index contributed by atoms with van der Waals surface area (Å²) in [5.41, 5.74) is 2.35. The van der Waals surface area contributed by atoms with Gasteiger partial charge in [0.1, 0.15) is 5.75 Å². The Morgan fingerprint density at radius 1 is 1.17 bits per heavy atom. The first-order valence-corrected chi connectivity index (χ1v) is 8.70. The highest BCUT2D eigenvalue weighted by molar-refractivity contribution is 5.78. The lowest BCUT2D eigenvalue weighted by Gasteiger charge is -2.27. The molecule has 0 aliphatic carbocycles. The highest BCUT2D eigenvalue weighted by atomic mass is 16.5. The van der Waals surface area contributed by atoms with E-state index < -0.39 is 0 Å². The number of nitrogens with zero attached hydrogens (tertiary/aromatic N) is 2. The van der Waals surface area contributed by atoms with Crippen LogP contribution in [-0.4, -0.2) is 49.5 Å². The summed E-state index contributed by atoms with van der Waals surface area (Å²) in [5, 5.41) is 0. The first kappa shape index (κ1) is 17.8. The molecule has 1 amide bonds. The number of likely N-dealkylation sites (N-methyl/N-ethyl adjacent to an activating group) is 1. The van der Waals surface area contributed by atoms with Gasteiger partial charge in [0.25, 0.3) is 0 Å². The summed E-state index contributed by atoms with van der Waals surface area (Å²) in [5.74, 6) is 1.17. The van der Waals surface area contributed by atoms with E-state index in [2.05, 4.69) is 21.9 Å². The van der Waals surface area contributed by atoms with Crippen molar-refractivity contribution in [3.63, 3.8) is 0 Å². The number of rotatable bonds is 5. The molecule has 1 aliphatic heterocycles. The Bertz CT molecular complexity index is 508. The van der Waals surface area contributed by atoms with Gasteiger partial charge in [0.05, 0.1) is 13.7 Å². The van der Waals surface area contributed by atoms with E-state index in [1.807, 2.05) is 20.0 Å². The van der Waals surface area contributed by atoms with Crippen molar-refractivity contribution in [3.05, 3.63) is 29.3 Å². The molecule has 1 fully saturated rings. The average molecular weight is 318 g/mol. The molecule has 23 heavy (non-hydrogen) atoms. The molecule has 4 nitrogen and oxygen atoms in total. The molecule has 0 unspecified atom stereocenters. The van der Waals surface area contributed by atoms with E-state index >= 15 is 0 Å². The summed E-state index contributed by atoms with van der Waals surface area (Å²) in [7, 11) is 3.71. The van der Waals surface area contributed by atoms with Crippen molar-refractivity contribution >= 4 is 5.91 Å². The van der Waals surface area contributed by atoms with Gasteiger partial charge in [-0.05, 0) is 44.0 Å². The van der Waals surface area contributed by atoms with Gasteiger partial charge in [0.15, 0.2) is 0 Å². The van der Waals surface area contributed by atoms with Crippen LogP contribution in [0.15, 0.2) is 18.2 Å². The van der Waals surface area contributed by atoms with E-state index in [0.717, 1.165) is 43.8 Å². The molecule has 0 spiro atoms. The van der Waals surface area contributed by atoms with Crippen molar-refractivity contribution < 1.29 is 9.53 Å². The number of methoxy groups -OCH3 is 1. The van der Waals surface area contributed by atoms with Crippen molar-refractivity contribution in [2.24, 2.45) is 0 Å². The fraction of sp³-hybridized carbons (Fsp3) is 0.632. The number of hydrogen-bond acceptors (Lipinski definition) is 3. The Labute approximate surface area is 140 Å². The normalized spacial score (nSPS) is 16.1. The molecule has 2 rings (SSSR count). The Kier molecular flexibility index (Phi) is 6.90. The number of aryl methyl sites for hydroxylation is 1. The number of amides is 1. The van der Waals surface area contributed by atoms with E-state index in [1.165, 1.54) is 24.8 Å². The van der Waals surface area contributed by atoms with Crippen LogP contribution in [0.5, 0.6) is 5.75 Å². The minimum absolute atomic E-state index is 0.264. The van der Waals surface area contributed by atoms with E-state index in [-0.39, 0.29) is 5.91 Å². The standard InChI is InChI=1S/C19H30N2O2/c1-16-13-17(9-10-18(16)23-3)14-20(2)15-19(22)21-11-7-5-4-6-8-12-21/h9-10,13H,4-8,11-12,14-15H2,1-3H3. The zero-order chi connectivity index (χ0) is 16.7. The van der Waals surface area contributed by atoms with Crippen molar-refractivity contribution in [2.75, 3.05) is 33.8 Å². The number of hydrogen-bond donors (Lipinski definition) is 0. The summed E-state index contributed by atoms with van der Waals surface area (Å²) in [4.78, 5) is 16.6. The first-order chi connectivity index (χ1) is 11.1. The van der Waals surface area contributed by atoms with E-state index in [9.17, 15) is 4.79 Å². The van der Waals surface area contributed by atoms with Crippen LogP contribution in [0.1, 0.15) is 43.2 Å². The maximum absolute atomic E-state index is 12.5. The van der Waals surface area contributed by atoms with Gasteiger partial charge in [-0.25, -0.2) is 0 Å². The van der Waals surface area contributed by atoms with Crippen molar-refractivity contribution in [1.29, 1.82) is 0 Å². The predicted octanol–water partition coefficient (Wildman–Crippen LogP) is 3.23. The summed E-state index contributed by atoms with van der Waals surface area (Å²) >= 11 is 0. The summed E-state index contributed by atoms with van der Waals surface area (Å²) in [6.45, 7) is 5.17. The van der Waals surface area contributed by atoms with Crippen molar-refractivity contribution in [1.82, 2.24) is 9.80 Å². The molecule has 0 bridgehead atoms. The molecule has 128 valence electrons. The predicted molar refractivity (Wildman–Crippen MR) is 93.7 cm³/mol. The van der Waals surface area contributed by atoms with Gasteiger partial charge in [0.2, 0.25) is 5.91 Å². The van der Waals surface area contributed by atoms with E-state index in [1.54, 1.807) is 7.11 Å². The summed E-state index contributed by atoms with van der Waals surface area (Å²) in [6.07, 6.45) is 6.12. The fourth-order valence-corrected chi connectivity index (χ4v) is 3.23.